The predicted molar refractivity (Wildman–Crippen MR) is 102 cm³/mol. The molecule has 1 aliphatic heterocycles. The van der Waals surface area contributed by atoms with Crippen LogP contribution in [-0.4, -0.2) is 6.73 Å². The van der Waals surface area contributed by atoms with Gasteiger partial charge in [0.1, 0.15) is 11.3 Å². The Hall–Kier alpha value is -2.46. The van der Waals surface area contributed by atoms with Gasteiger partial charge in [-0.05, 0) is 55.5 Å². The molecule has 4 nitrogen and oxygen atoms in total. The fourth-order valence-corrected chi connectivity index (χ4v) is 4.38. The Labute approximate surface area is 155 Å². The number of anilines is 1. The van der Waals surface area contributed by atoms with Crippen LogP contribution in [0.15, 0.2) is 39.5 Å². The van der Waals surface area contributed by atoms with Crippen molar-refractivity contribution in [2.45, 2.75) is 32.7 Å². The lowest BCUT2D eigenvalue weighted by molar-refractivity contribution is 0.289. The van der Waals surface area contributed by atoms with Gasteiger partial charge in [-0.2, -0.15) is 0 Å². The minimum absolute atomic E-state index is 0.220. The fraction of sp³-hybridized carbons (Fsp3) is 0.286. The topological polar surface area (TPSA) is 42.7 Å². The van der Waals surface area contributed by atoms with E-state index in [0.29, 0.717) is 29.6 Å². The van der Waals surface area contributed by atoms with E-state index in [2.05, 4.69) is 30.0 Å². The van der Waals surface area contributed by atoms with Crippen molar-refractivity contribution in [3.63, 3.8) is 0 Å². The maximum Gasteiger partial charge on any atom is 0.339 e. The minimum atomic E-state index is -0.220. The predicted octanol–water partition coefficient (Wildman–Crippen LogP) is 4.60. The number of hydrogen-bond acceptors (Lipinski definition) is 4. The summed E-state index contributed by atoms with van der Waals surface area (Å²) in [5.41, 5.74) is 5.41. The van der Waals surface area contributed by atoms with Crippen LogP contribution in [-0.2, 0) is 19.4 Å². The van der Waals surface area contributed by atoms with E-state index in [0.717, 1.165) is 47.0 Å². The lowest BCUT2D eigenvalue weighted by Crippen LogP contribution is -2.32. The van der Waals surface area contributed by atoms with Crippen LogP contribution in [0.25, 0.3) is 11.0 Å². The second kappa shape index (κ2) is 5.78. The normalized spacial score (nSPS) is 15.7. The number of halogens is 1. The zero-order valence-corrected chi connectivity index (χ0v) is 15.2. The lowest BCUT2D eigenvalue weighted by atomic mass is 10.0. The monoisotopic (exact) mass is 367 g/mol. The molecule has 0 bridgehead atoms. The van der Waals surface area contributed by atoms with Crippen molar-refractivity contribution < 1.29 is 9.15 Å². The van der Waals surface area contributed by atoms with Crippen molar-refractivity contribution >= 4 is 28.3 Å². The van der Waals surface area contributed by atoms with Crippen molar-refractivity contribution in [2.75, 3.05) is 11.6 Å². The molecule has 1 aromatic heterocycles. The minimum Gasteiger partial charge on any atom is -0.471 e. The largest absolute Gasteiger partial charge is 0.471 e. The Kier molecular flexibility index (Phi) is 3.50. The van der Waals surface area contributed by atoms with Crippen molar-refractivity contribution in [3.8, 4) is 5.75 Å². The number of benzene rings is 2. The third-order valence-corrected chi connectivity index (χ3v) is 5.63. The van der Waals surface area contributed by atoms with Gasteiger partial charge in [0, 0.05) is 16.6 Å². The highest BCUT2D eigenvalue weighted by molar-refractivity contribution is 6.33. The second-order valence-corrected chi connectivity index (χ2v) is 7.46. The average molecular weight is 368 g/mol. The summed E-state index contributed by atoms with van der Waals surface area (Å²) in [5, 5.41) is 1.54. The summed E-state index contributed by atoms with van der Waals surface area (Å²) in [5.74, 6) is 0.629. The summed E-state index contributed by atoms with van der Waals surface area (Å²) < 4.78 is 11.7. The van der Waals surface area contributed by atoms with Crippen LogP contribution in [0.1, 0.15) is 28.7 Å². The first-order chi connectivity index (χ1) is 12.6. The van der Waals surface area contributed by atoms with Crippen LogP contribution >= 0.6 is 11.6 Å². The number of nitrogens with zero attached hydrogens (tertiary/aromatic N) is 1. The first-order valence-electron chi connectivity index (χ1n) is 8.86. The van der Waals surface area contributed by atoms with Crippen LogP contribution in [0.2, 0.25) is 5.02 Å². The van der Waals surface area contributed by atoms with E-state index in [1.54, 1.807) is 0 Å². The number of fused-ring (bicyclic) bond motifs is 5. The first kappa shape index (κ1) is 15.8. The van der Waals surface area contributed by atoms with E-state index < -0.39 is 0 Å². The molecule has 0 unspecified atom stereocenters. The smallest absolute Gasteiger partial charge is 0.339 e. The summed E-state index contributed by atoms with van der Waals surface area (Å²) in [6.07, 6.45) is 2.67. The maximum absolute atomic E-state index is 12.4. The molecular weight excluding hydrogens is 350 g/mol. The van der Waals surface area contributed by atoms with Crippen LogP contribution in [0, 0.1) is 6.92 Å². The van der Waals surface area contributed by atoms with E-state index in [1.165, 1.54) is 5.56 Å². The summed E-state index contributed by atoms with van der Waals surface area (Å²) >= 11 is 6.52. The maximum atomic E-state index is 12.4. The van der Waals surface area contributed by atoms with Gasteiger partial charge in [0.05, 0.1) is 17.1 Å². The van der Waals surface area contributed by atoms with Gasteiger partial charge < -0.3 is 14.1 Å². The number of rotatable bonds is 1. The van der Waals surface area contributed by atoms with Gasteiger partial charge in [-0.15, -0.1) is 0 Å². The van der Waals surface area contributed by atoms with Crippen molar-refractivity contribution in [1.29, 1.82) is 0 Å². The Morgan fingerprint density at radius 2 is 1.96 bits per heavy atom. The van der Waals surface area contributed by atoms with Gasteiger partial charge in [0.2, 0.25) is 0 Å². The van der Waals surface area contributed by atoms with E-state index in [1.807, 2.05) is 12.1 Å². The molecule has 5 heteroatoms. The van der Waals surface area contributed by atoms with Crippen molar-refractivity contribution in [1.82, 2.24) is 0 Å². The number of hydrogen-bond donors (Lipinski definition) is 0. The molecule has 2 aliphatic rings. The lowest BCUT2D eigenvalue weighted by Gasteiger charge is -2.31. The van der Waals surface area contributed by atoms with E-state index in [9.17, 15) is 4.79 Å². The average Bonchev–Trinajstić information content (AvgIpc) is 3.13. The molecule has 1 aliphatic carbocycles. The summed E-state index contributed by atoms with van der Waals surface area (Å²) in [7, 11) is 0. The zero-order valence-electron chi connectivity index (χ0n) is 14.5. The van der Waals surface area contributed by atoms with Gasteiger partial charge in [-0.25, -0.2) is 4.79 Å². The Morgan fingerprint density at radius 1 is 1.12 bits per heavy atom. The summed E-state index contributed by atoms with van der Waals surface area (Å²) in [4.78, 5) is 14.6. The van der Waals surface area contributed by atoms with Crippen LogP contribution < -0.4 is 15.3 Å². The Bertz CT molecular complexity index is 1100. The number of aryl methyl sites for hydroxylation is 2. The third kappa shape index (κ3) is 2.32. The molecule has 0 saturated carbocycles. The van der Waals surface area contributed by atoms with Gasteiger partial charge in [-0.1, -0.05) is 23.7 Å². The molecular formula is C21H18ClNO3. The van der Waals surface area contributed by atoms with Gasteiger partial charge in [0.15, 0.2) is 6.73 Å². The zero-order chi connectivity index (χ0) is 17.8. The van der Waals surface area contributed by atoms with Crippen LogP contribution in [0.3, 0.4) is 0 Å². The summed E-state index contributed by atoms with van der Waals surface area (Å²) in [6, 6.07) is 10.2. The fourth-order valence-electron chi connectivity index (χ4n) is 4.10. The first-order valence-corrected chi connectivity index (χ1v) is 9.24. The molecule has 0 spiro atoms. The SMILES string of the molecule is Cc1cccc(N2COc3c(Cl)cc4c5c(c(=O)oc4c3C2)CCC5)c1. The highest BCUT2D eigenvalue weighted by Crippen LogP contribution is 2.41. The quantitative estimate of drug-likeness (QED) is 0.589. The van der Waals surface area contributed by atoms with E-state index in [4.69, 9.17) is 20.8 Å². The van der Waals surface area contributed by atoms with Crippen LogP contribution in [0.5, 0.6) is 5.75 Å². The molecule has 3 aromatic rings. The molecule has 2 heterocycles. The molecule has 0 atom stereocenters. The molecule has 0 saturated heterocycles. The number of ether oxygens (including phenoxy) is 1. The highest BCUT2D eigenvalue weighted by atomic mass is 35.5. The van der Waals surface area contributed by atoms with Gasteiger partial charge in [-0.3, -0.25) is 0 Å². The molecule has 132 valence electrons. The molecule has 0 fully saturated rings. The van der Waals surface area contributed by atoms with E-state index >= 15 is 0 Å². The van der Waals surface area contributed by atoms with Gasteiger partial charge in [0.25, 0.3) is 0 Å². The third-order valence-electron chi connectivity index (χ3n) is 5.35. The molecule has 0 N–H and O–H groups in total. The standard InChI is InChI=1S/C21H18ClNO3/c1-12-4-2-5-13(8-12)23-10-17-19-16(9-18(22)20(17)25-11-23)14-6-3-7-15(14)21(24)26-19/h2,4-5,8-9H,3,6-7,10-11H2,1H3. The Morgan fingerprint density at radius 3 is 2.81 bits per heavy atom. The van der Waals surface area contributed by atoms with Crippen LogP contribution in [0.4, 0.5) is 5.69 Å². The molecule has 2 aromatic carbocycles. The molecule has 0 radical (unpaired) electrons. The second-order valence-electron chi connectivity index (χ2n) is 7.05. The van der Waals surface area contributed by atoms with Crippen molar-refractivity contribution in [2.24, 2.45) is 0 Å². The van der Waals surface area contributed by atoms with Gasteiger partial charge >= 0.3 is 5.63 Å². The summed E-state index contributed by atoms with van der Waals surface area (Å²) in [6.45, 7) is 3.07. The van der Waals surface area contributed by atoms with E-state index in [-0.39, 0.29) is 5.63 Å². The highest BCUT2D eigenvalue weighted by Gasteiger charge is 2.28. The molecule has 5 rings (SSSR count). The van der Waals surface area contributed by atoms with Crippen molar-refractivity contribution in [3.05, 3.63) is 68.0 Å². The Balaban J connectivity index is 1.70. The molecule has 0 amide bonds. The molecule has 26 heavy (non-hydrogen) atoms.